The molecule has 0 saturated carbocycles. The van der Waals surface area contributed by atoms with E-state index in [4.69, 9.17) is 0 Å². The number of piperidine rings is 1. The molecule has 2 amide bonds. The van der Waals surface area contributed by atoms with Gasteiger partial charge in [0.15, 0.2) is 0 Å². The number of H-pyrrole nitrogens is 1. The van der Waals surface area contributed by atoms with Crippen molar-refractivity contribution < 1.29 is 4.79 Å². The summed E-state index contributed by atoms with van der Waals surface area (Å²) in [6, 6.07) is 12.4. The summed E-state index contributed by atoms with van der Waals surface area (Å²) in [6.07, 6.45) is 7.30. The van der Waals surface area contributed by atoms with Gasteiger partial charge >= 0.3 is 6.03 Å². The maximum atomic E-state index is 12.6. The minimum atomic E-state index is -0.242. The van der Waals surface area contributed by atoms with E-state index in [9.17, 15) is 4.79 Å². The summed E-state index contributed by atoms with van der Waals surface area (Å²) >= 11 is 5.77. The average Bonchev–Trinajstić information content (AvgIpc) is 3.37. The highest BCUT2D eigenvalue weighted by Gasteiger charge is 2.33. The molecule has 0 spiro atoms. The second-order valence-corrected chi connectivity index (χ2v) is 10.2. The van der Waals surface area contributed by atoms with E-state index in [2.05, 4.69) is 77.4 Å². The summed E-state index contributed by atoms with van der Waals surface area (Å²) in [6.45, 7) is 2.47. The monoisotopic (exact) mass is 578 g/mol. The number of hydrogen-bond donors (Lipinski definition) is 3. The molecule has 156 valence electrons. The third-order valence-electron chi connectivity index (χ3n) is 6.43. The van der Waals surface area contributed by atoms with E-state index in [1.807, 2.05) is 24.3 Å². The Morgan fingerprint density at radius 2 is 2.07 bits per heavy atom. The van der Waals surface area contributed by atoms with Crippen LogP contribution in [-0.4, -0.2) is 35.0 Å². The quantitative estimate of drug-likeness (QED) is 0.310. The summed E-state index contributed by atoms with van der Waals surface area (Å²) in [4.78, 5) is 18.7. The fourth-order valence-corrected chi connectivity index (χ4v) is 5.81. The number of urea groups is 1. The second kappa shape index (κ2) is 8.51. The Labute approximate surface area is 198 Å². The number of nitrogens with one attached hydrogen (secondary N) is 3. The van der Waals surface area contributed by atoms with E-state index in [0.29, 0.717) is 5.92 Å². The van der Waals surface area contributed by atoms with Gasteiger partial charge in [-0.1, -0.05) is 6.07 Å². The lowest BCUT2D eigenvalue weighted by Crippen LogP contribution is -2.37. The van der Waals surface area contributed by atoms with Crippen LogP contribution in [0.15, 0.2) is 47.1 Å². The van der Waals surface area contributed by atoms with Crippen LogP contribution in [0.5, 0.6) is 0 Å². The van der Waals surface area contributed by atoms with Crippen LogP contribution in [0, 0.1) is 3.57 Å². The van der Waals surface area contributed by atoms with Crippen molar-refractivity contribution in [2.24, 2.45) is 0 Å². The molecule has 5 nitrogen and oxygen atoms in total. The number of hydrogen-bond acceptors (Lipinski definition) is 2. The molecule has 2 aliphatic rings. The summed E-state index contributed by atoms with van der Waals surface area (Å²) in [5.41, 5.74) is 4.08. The largest absolute Gasteiger partial charge is 0.361 e. The smallest absolute Gasteiger partial charge is 0.323 e. The first-order valence-corrected chi connectivity index (χ1v) is 12.3. The molecule has 0 aliphatic carbocycles. The molecule has 2 aliphatic heterocycles. The normalized spacial score (nSPS) is 21.5. The topological polar surface area (TPSA) is 60.2 Å². The molecule has 1 aromatic heterocycles. The van der Waals surface area contributed by atoms with Gasteiger partial charge in [-0.2, -0.15) is 0 Å². The van der Waals surface area contributed by atoms with Gasteiger partial charge in [0, 0.05) is 32.4 Å². The fraction of sp³-hybridized carbons (Fsp3) is 0.348. The number of amides is 2. The van der Waals surface area contributed by atoms with E-state index >= 15 is 0 Å². The highest BCUT2D eigenvalue weighted by Crippen LogP contribution is 2.39. The number of anilines is 2. The van der Waals surface area contributed by atoms with E-state index < -0.39 is 0 Å². The van der Waals surface area contributed by atoms with Crippen molar-refractivity contribution in [3.05, 3.63) is 56.2 Å². The molecule has 3 heterocycles. The molecule has 3 N–H and O–H groups in total. The molecule has 7 heteroatoms. The zero-order valence-electron chi connectivity index (χ0n) is 16.6. The molecule has 0 bridgehead atoms. The van der Waals surface area contributed by atoms with Crippen LogP contribution in [0.25, 0.3) is 10.9 Å². The molecular formula is C23H24BrIN4O. The van der Waals surface area contributed by atoms with Gasteiger partial charge in [-0.25, -0.2) is 4.79 Å². The predicted octanol–water partition coefficient (Wildman–Crippen LogP) is 6.52. The zero-order valence-corrected chi connectivity index (χ0v) is 20.3. The lowest BCUT2D eigenvalue weighted by Gasteiger charge is -2.34. The first kappa shape index (κ1) is 20.3. The Bertz CT molecular complexity index is 1100. The van der Waals surface area contributed by atoms with E-state index in [0.717, 1.165) is 31.0 Å². The van der Waals surface area contributed by atoms with Crippen LogP contribution in [0.2, 0.25) is 0 Å². The number of rotatable bonds is 3. The Balaban J connectivity index is 1.34. The van der Waals surface area contributed by atoms with Gasteiger partial charge in [0.1, 0.15) is 0 Å². The van der Waals surface area contributed by atoms with Gasteiger partial charge in [0.25, 0.3) is 0 Å². The van der Waals surface area contributed by atoms with E-state index in [1.54, 1.807) is 0 Å². The molecule has 3 aromatic rings. The van der Waals surface area contributed by atoms with Crippen LogP contribution < -0.4 is 10.6 Å². The van der Waals surface area contributed by atoms with Gasteiger partial charge in [-0.05, 0) is 119 Å². The van der Waals surface area contributed by atoms with E-state index in [-0.39, 0.29) is 6.03 Å². The highest BCUT2D eigenvalue weighted by atomic mass is 127. The minimum Gasteiger partial charge on any atom is -0.361 e. The van der Waals surface area contributed by atoms with Crippen molar-refractivity contribution in [2.75, 3.05) is 23.7 Å². The van der Waals surface area contributed by atoms with Crippen molar-refractivity contribution in [3.8, 4) is 0 Å². The van der Waals surface area contributed by atoms with Crippen LogP contribution in [0.3, 0.4) is 0 Å². The van der Waals surface area contributed by atoms with Crippen LogP contribution in [0.4, 0.5) is 16.2 Å². The Morgan fingerprint density at radius 3 is 2.97 bits per heavy atom. The number of fused-ring (bicyclic) bond motifs is 2. The van der Waals surface area contributed by atoms with Gasteiger partial charge < -0.3 is 20.5 Å². The third kappa shape index (κ3) is 3.99. The highest BCUT2D eigenvalue weighted by molar-refractivity contribution is 14.1. The van der Waals surface area contributed by atoms with Crippen LogP contribution in [0.1, 0.15) is 37.2 Å². The summed E-state index contributed by atoms with van der Waals surface area (Å²) in [5, 5.41) is 7.14. The standard InChI is InChI=1S/C23H24BrIN4O/c24-22-19(25)4-1-5-21(22)28-23(30)27-15-6-7-20-17(12-15)18(13-26-20)14-8-10-29-9-2-3-16(29)11-14/h1,4-7,12-14,16,26H,2-3,8-11H2,(H2,27,28,30). The fourth-order valence-electron chi connectivity index (χ4n) is 4.95. The Kier molecular flexibility index (Phi) is 5.77. The Hall–Kier alpha value is -1.58. The number of aromatic amines is 1. The number of benzene rings is 2. The number of carbonyl (C=O) groups excluding carboxylic acids is 1. The summed E-state index contributed by atoms with van der Waals surface area (Å²) in [7, 11) is 0. The van der Waals surface area contributed by atoms with Crippen LogP contribution in [-0.2, 0) is 0 Å². The minimum absolute atomic E-state index is 0.242. The lowest BCUT2D eigenvalue weighted by molar-refractivity contribution is 0.181. The zero-order chi connectivity index (χ0) is 20.7. The van der Waals surface area contributed by atoms with Crippen LogP contribution >= 0.6 is 38.5 Å². The number of nitrogens with zero attached hydrogens (tertiary/aromatic N) is 1. The van der Waals surface area contributed by atoms with Gasteiger partial charge in [-0.15, -0.1) is 0 Å². The van der Waals surface area contributed by atoms with Crippen molar-refractivity contribution >= 4 is 66.8 Å². The predicted molar refractivity (Wildman–Crippen MR) is 134 cm³/mol. The van der Waals surface area contributed by atoms with Crippen molar-refractivity contribution in [1.82, 2.24) is 9.88 Å². The molecule has 2 atom stereocenters. The molecular weight excluding hydrogens is 555 g/mol. The molecule has 2 aromatic carbocycles. The maximum absolute atomic E-state index is 12.6. The molecule has 2 fully saturated rings. The molecule has 0 radical (unpaired) electrons. The Morgan fingerprint density at radius 1 is 1.17 bits per heavy atom. The first-order valence-electron chi connectivity index (χ1n) is 10.5. The second-order valence-electron chi connectivity index (χ2n) is 8.24. The molecule has 2 saturated heterocycles. The van der Waals surface area contributed by atoms with E-state index in [1.165, 1.54) is 49.7 Å². The summed E-state index contributed by atoms with van der Waals surface area (Å²) in [5.74, 6) is 0.588. The maximum Gasteiger partial charge on any atom is 0.323 e. The van der Waals surface area contributed by atoms with Gasteiger partial charge in [0.05, 0.1) is 10.2 Å². The van der Waals surface area contributed by atoms with Gasteiger partial charge in [-0.3, -0.25) is 0 Å². The molecule has 2 unspecified atom stereocenters. The number of carbonyl (C=O) groups is 1. The SMILES string of the molecule is O=C(Nc1ccc2[nH]cc(C3CCN4CCCC4C3)c2c1)Nc1cccc(I)c1Br. The molecule has 5 rings (SSSR count). The number of aromatic nitrogens is 1. The van der Waals surface area contributed by atoms with Gasteiger partial charge in [0.2, 0.25) is 0 Å². The average molecular weight is 579 g/mol. The summed E-state index contributed by atoms with van der Waals surface area (Å²) < 4.78 is 1.94. The van der Waals surface area contributed by atoms with Crippen molar-refractivity contribution in [2.45, 2.75) is 37.6 Å². The number of halogens is 2. The molecule has 30 heavy (non-hydrogen) atoms. The first-order chi connectivity index (χ1) is 14.6. The third-order valence-corrected chi connectivity index (χ3v) is 8.93. The van der Waals surface area contributed by atoms with Crippen molar-refractivity contribution in [3.63, 3.8) is 0 Å². The lowest BCUT2D eigenvalue weighted by atomic mass is 9.85. The van der Waals surface area contributed by atoms with Crippen molar-refractivity contribution in [1.29, 1.82) is 0 Å².